The molecule has 1 saturated carbocycles. The molecule has 4 nitrogen and oxygen atoms in total. The average molecular weight is 594 g/mol. The van der Waals surface area contributed by atoms with E-state index in [1.807, 2.05) is 54.6 Å². The Kier molecular flexibility index (Phi) is 10.5. The van der Waals surface area contributed by atoms with Crippen molar-refractivity contribution in [2.24, 2.45) is 0 Å². The number of carbonyl (C=O) groups is 2. The maximum atomic E-state index is 13.8. The molecule has 200 valence electrons. The third kappa shape index (κ3) is 8.47. The summed E-state index contributed by atoms with van der Waals surface area (Å²) in [7, 11) is 0. The molecule has 6 heteroatoms. The van der Waals surface area contributed by atoms with Crippen LogP contribution < -0.4 is 5.32 Å². The molecule has 1 atom stereocenters. The van der Waals surface area contributed by atoms with Gasteiger partial charge in [0.05, 0.1) is 5.75 Å². The van der Waals surface area contributed by atoms with E-state index in [1.165, 1.54) is 16.7 Å². The number of thioether (sulfide) groups is 1. The Balaban J connectivity index is 1.56. The third-order valence-corrected chi connectivity index (χ3v) is 8.53. The fourth-order valence-corrected chi connectivity index (χ4v) is 6.31. The summed E-state index contributed by atoms with van der Waals surface area (Å²) in [6.45, 7) is 4.60. The fraction of sp³-hybridized carbons (Fsp3) is 0.375. The second-order valence-electron chi connectivity index (χ2n) is 10.3. The standard InChI is InChI=1S/C32H37BrN2O2S/c1-23-16-24(2)18-27(17-23)21-38-22-31(36)35(20-26-12-14-28(33)15-13-26)30(19-25-8-4-3-5-9-25)32(37)34-29-10-6-7-11-29/h3-5,8-9,12-18,29-30H,6-7,10-11,19-22H2,1-2H3,(H,34,37). The molecule has 2 amide bonds. The summed E-state index contributed by atoms with van der Waals surface area (Å²) >= 11 is 5.12. The number of hydrogen-bond acceptors (Lipinski definition) is 3. The Hall–Kier alpha value is -2.57. The van der Waals surface area contributed by atoms with Crippen LogP contribution in [0.15, 0.2) is 77.3 Å². The van der Waals surface area contributed by atoms with Crippen LogP contribution in [0, 0.1) is 13.8 Å². The molecule has 3 aromatic rings. The highest BCUT2D eigenvalue weighted by molar-refractivity contribution is 9.10. The van der Waals surface area contributed by atoms with Crippen molar-refractivity contribution in [3.05, 3.63) is 105 Å². The van der Waals surface area contributed by atoms with Gasteiger partial charge in [0, 0.05) is 29.2 Å². The van der Waals surface area contributed by atoms with E-state index < -0.39 is 6.04 Å². The molecular weight excluding hydrogens is 556 g/mol. The summed E-state index contributed by atoms with van der Waals surface area (Å²) in [5.41, 5.74) is 5.74. The molecular formula is C32H37BrN2O2S. The summed E-state index contributed by atoms with van der Waals surface area (Å²) in [5.74, 6) is 1.03. The minimum Gasteiger partial charge on any atom is -0.352 e. The van der Waals surface area contributed by atoms with E-state index in [-0.39, 0.29) is 17.9 Å². The van der Waals surface area contributed by atoms with Crippen molar-refractivity contribution in [2.75, 3.05) is 5.75 Å². The van der Waals surface area contributed by atoms with Crippen LogP contribution in [-0.2, 0) is 28.3 Å². The first-order valence-electron chi connectivity index (χ1n) is 13.4. The number of nitrogens with one attached hydrogen (secondary N) is 1. The van der Waals surface area contributed by atoms with Gasteiger partial charge in [0.25, 0.3) is 0 Å². The quantitative estimate of drug-likeness (QED) is 0.261. The zero-order valence-corrected chi connectivity index (χ0v) is 24.7. The van der Waals surface area contributed by atoms with Gasteiger partial charge in [-0.25, -0.2) is 0 Å². The number of carbonyl (C=O) groups excluding carboxylic acids is 2. The largest absolute Gasteiger partial charge is 0.352 e. The van der Waals surface area contributed by atoms with Crippen LogP contribution >= 0.6 is 27.7 Å². The highest BCUT2D eigenvalue weighted by Gasteiger charge is 2.32. The maximum Gasteiger partial charge on any atom is 0.243 e. The molecule has 1 unspecified atom stereocenters. The lowest BCUT2D eigenvalue weighted by molar-refractivity contribution is -0.139. The van der Waals surface area contributed by atoms with E-state index in [0.717, 1.165) is 47.0 Å². The second kappa shape index (κ2) is 14.0. The molecule has 3 aromatic carbocycles. The number of nitrogens with zero attached hydrogens (tertiary/aromatic N) is 1. The van der Waals surface area contributed by atoms with Crippen LogP contribution in [0.5, 0.6) is 0 Å². The molecule has 1 aliphatic rings. The summed E-state index contributed by atoms with van der Waals surface area (Å²) in [6, 6.07) is 24.2. The molecule has 0 radical (unpaired) electrons. The summed E-state index contributed by atoms with van der Waals surface area (Å²) in [4.78, 5) is 29.4. The van der Waals surface area contributed by atoms with Crippen LogP contribution in [0.4, 0.5) is 0 Å². The lowest BCUT2D eigenvalue weighted by Gasteiger charge is -2.32. The normalized spacial score (nSPS) is 14.3. The molecule has 1 N–H and O–H groups in total. The molecule has 1 aliphatic carbocycles. The molecule has 0 saturated heterocycles. The smallest absolute Gasteiger partial charge is 0.243 e. The van der Waals surface area contributed by atoms with Crippen molar-refractivity contribution < 1.29 is 9.59 Å². The van der Waals surface area contributed by atoms with E-state index in [9.17, 15) is 9.59 Å². The van der Waals surface area contributed by atoms with Crippen molar-refractivity contribution in [3.63, 3.8) is 0 Å². The van der Waals surface area contributed by atoms with Crippen LogP contribution in [0.25, 0.3) is 0 Å². The maximum absolute atomic E-state index is 13.8. The van der Waals surface area contributed by atoms with Gasteiger partial charge < -0.3 is 10.2 Å². The van der Waals surface area contributed by atoms with E-state index in [2.05, 4.69) is 53.3 Å². The Morgan fingerprint density at radius 3 is 2.24 bits per heavy atom. The van der Waals surface area contributed by atoms with Gasteiger partial charge in [-0.1, -0.05) is 101 Å². The first kappa shape index (κ1) is 28.4. The Labute approximate surface area is 239 Å². The number of halogens is 1. The van der Waals surface area contributed by atoms with Crippen molar-refractivity contribution in [1.29, 1.82) is 0 Å². The minimum atomic E-state index is -0.573. The first-order valence-corrected chi connectivity index (χ1v) is 15.4. The molecule has 0 bridgehead atoms. The number of benzene rings is 3. The Bertz CT molecular complexity index is 1190. The summed E-state index contributed by atoms with van der Waals surface area (Å²) in [6.07, 6.45) is 4.80. The first-order chi connectivity index (χ1) is 18.4. The molecule has 4 rings (SSSR count). The van der Waals surface area contributed by atoms with E-state index in [1.54, 1.807) is 16.7 Å². The number of aryl methyl sites for hydroxylation is 2. The number of rotatable bonds is 11. The lowest BCUT2D eigenvalue weighted by Crippen LogP contribution is -2.52. The predicted octanol–water partition coefficient (Wildman–Crippen LogP) is 7.00. The summed E-state index contributed by atoms with van der Waals surface area (Å²) < 4.78 is 0.989. The van der Waals surface area contributed by atoms with Gasteiger partial charge in [-0.2, -0.15) is 0 Å². The predicted molar refractivity (Wildman–Crippen MR) is 161 cm³/mol. The third-order valence-electron chi connectivity index (χ3n) is 7.01. The highest BCUT2D eigenvalue weighted by Crippen LogP contribution is 2.22. The van der Waals surface area contributed by atoms with Crippen molar-refractivity contribution in [3.8, 4) is 0 Å². The summed E-state index contributed by atoms with van der Waals surface area (Å²) in [5, 5.41) is 3.28. The van der Waals surface area contributed by atoms with Gasteiger partial charge in [0.15, 0.2) is 0 Å². The topological polar surface area (TPSA) is 49.4 Å². The SMILES string of the molecule is Cc1cc(C)cc(CSCC(=O)N(Cc2ccc(Br)cc2)C(Cc2ccccc2)C(=O)NC2CCCC2)c1. The molecule has 1 fully saturated rings. The molecule has 38 heavy (non-hydrogen) atoms. The van der Waals surface area contributed by atoms with Gasteiger partial charge in [-0.15, -0.1) is 11.8 Å². The molecule has 0 heterocycles. The van der Waals surface area contributed by atoms with Gasteiger partial charge in [-0.3, -0.25) is 9.59 Å². The monoisotopic (exact) mass is 592 g/mol. The molecule has 0 aromatic heterocycles. The second-order valence-corrected chi connectivity index (χ2v) is 12.2. The Morgan fingerprint density at radius 1 is 0.921 bits per heavy atom. The zero-order chi connectivity index (χ0) is 26.9. The van der Waals surface area contributed by atoms with Crippen molar-refractivity contribution in [2.45, 2.75) is 70.3 Å². The van der Waals surface area contributed by atoms with E-state index >= 15 is 0 Å². The average Bonchev–Trinajstić information content (AvgIpc) is 3.40. The minimum absolute atomic E-state index is 0.00945. The highest BCUT2D eigenvalue weighted by atomic mass is 79.9. The van der Waals surface area contributed by atoms with Gasteiger partial charge in [0.2, 0.25) is 11.8 Å². The van der Waals surface area contributed by atoms with Gasteiger partial charge in [-0.05, 0) is 55.5 Å². The number of amides is 2. The zero-order valence-electron chi connectivity index (χ0n) is 22.3. The number of hydrogen-bond donors (Lipinski definition) is 1. The Morgan fingerprint density at radius 2 is 1.58 bits per heavy atom. The van der Waals surface area contributed by atoms with Crippen molar-refractivity contribution >= 4 is 39.5 Å². The van der Waals surface area contributed by atoms with Crippen LogP contribution in [0.2, 0.25) is 0 Å². The van der Waals surface area contributed by atoms with Crippen LogP contribution in [0.3, 0.4) is 0 Å². The molecule has 0 spiro atoms. The van der Waals surface area contributed by atoms with Crippen molar-refractivity contribution in [1.82, 2.24) is 10.2 Å². The van der Waals surface area contributed by atoms with Crippen LogP contribution in [-0.4, -0.2) is 34.6 Å². The molecule has 0 aliphatic heterocycles. The van der Waals surface area contributed by atoms with Crippen LogP contribution in [0.1, 0.15) is 53.5 Å². The van der Waals surface area contributed by atoms with Gasteiger partial charge >= 0.3 is 0 Å². The lowest BCUT2D eigenvalue weighted by atomic mass is 10.0. The fourth-order valence-electron chi connectivity index (χ4n) is 5.20. The van der Waals surface area contributed by atoms with E-state index in [4.69, 9.17) is 0 Å². The van der Waals surface area contributed by atoms with E-state index in [0.29, 0.717) is 18.7 Å². The van der Waals surface area contributed by atoms with Gasteiger partial charge in [0.1, 0.15) is 6.04 Å².